The smallest absolute Gasteiger partial charge is 0.356 e. The van der Waals surface area contributed by atoms with Crippen LogP contribution in [0.25, 0.3) is 0 Å². The number of esters is 2. The molecule has 2 aromatic rings. The van der Waals surface area contributed by atoms with Gasteiger partial charge in [-0.25, -0.2) is 9.78 Å². The second-order valence-electron chi connectivity index (χ2n) is 8.36. The van der Waals surface area contributed by atoms with E-state index in [0.717, 1.165) is 3.57 Å². The van der Waals surface area contributed by atoms with Crippen LogP contribution in [-0.2, 0) is 9.47 Å². The Kier molecular flexibility index (Phi) is 18.3. The van der Waals surface area contributed by atoms with E-state index in [9.17, 15) is 9.59 Å². The van der Waals surface area contributed by atoms with Crippen molar-refractivity contribution in [3.63, 3.8) is 0 Å². The summed E-state index contributed by atoms with van der Waals surface area (Å²) in [6.07, 6.45) is 11.1. The first-order valence-corrected chi connectivity index (χ1v) is 20.7. The summed E-state index contributed by atoms with van der Waals surface area (Å²) in [5.41, 5.74) is 0.829. The fourth-order valence-electron chi connectivity index (χ4n) is 3.95. The number of rotatable bonds is 12. The molecule has 8 heteroatoms. The van der Waals surface area contributed by atoms with Crippen LogP contribution in [0.5, 0.6) is 0 Å². The van der Waals surface area contributed by atoms with Gasteiger partial charge in [0.2, 0.25) is 0 Å². The molecule has 6 nitrogen and oxygen atoms in total. The maximum Gasteiger partial charge on any atom is 0.356 e. The van der Waals surface area contributed by atoms with E-state index in [1.807, 2.05) is 12.3 Å². The standard InChI is InChI=1S/C7H6INO2.C7H6NO2.3C4H9.CH4.Sn/c1-11-7(10)6-4-5(8)2-3-9-6;1-10-7(9)6-4-2-3-5-8-6;3*1-3-4-2;;/h2-4H,1H3;3-5H,1H3;3*1,3-4H2,2H3;1H4;. The van der Waals surface area contributed by atoms with Gasteiger partial charge in [0.05, 0.1) is 7.11 Å². The van der Waals surface area contributed by atoms with Crippen LogP contribution in [0.1, 0.15) is 87.7 Å². The van der Waals surface area contributed by atoms with E-state index in [1.165, 1.54) is 69.6 Å². The van der Waals surface area contributed by atoms with Crippen LogP contribution in [0.15, 0.2) is 36.7 Å². The molecule has 35 heavy (non-hydrogen) atoms. The van der Waals surface area contributed by atoms with Gasteiger partial charge in [0.25, 0.3) is 0 Å². The Hall–Kier alpha value is -1.23. The molecule has 0 aliphatic carbocycles. The molecule has 0 atom stereocenters. The molecule has 0 radical (unpaired) electrons. The van der Waals surface area contributed by atoms with E-state index in [4.69, 9.17) is 4.74 Å². The predicted molar refractivity (Wildman–Crippen MR) is 155 cm³/mol. The molecule has 2 heterocycles. The average Bonchev–Trinajstić information content (AvgIpc) is 2.88. The number of halogens is 1. The Labute approximate surface area is 230 Å². The Bertz CT molecular complexity index is 873. The minimum absolute atomic E-state index is 0. The van der Waals surface area contributed by atoms with Crippen LogP contribution in [0.3, 0.4) is 0 Å². The van der Waals surface area contributed by atoms with Gasteiger partial charge in [-0.2, -0.15) is 0 Å². The van der Waals surface area contributed by atoms with Crippen molar-refractivity contribution in [2.45, 2.75) is 80.0 Å². The molecular weight excluding hydrogens is 662 g/mol. The fraction of sp³-hybridized carbons (Fsp3) is 0.556. The monoisotopic (exact) mass is 706 g/mol. The van der Waals surface area contributed by atoms with Gasteiger partial charge in [-0.1, -0.05) is 7.43 Å². The average molecular weight is 705 g/mol. The first-order chi connectivity index (χ1) is 16.4. The van der Waals surface area contributed by atoms with Crippen molar-refractivity contribution in [3.05, 3.63) is 51.6 Å². The number of carbonyl (C=O) groups is 2. The van der Waals surface area contributed by atoms with E-state index in [0.29, 0.717) is 11.4 Å². The topological polar surface area (TPSA) is 78.4 Å². The van der Waals surface area contributed by atoms with Gasteiger partial charge in [-0.3, -0.25) is 0 Å². The molecule has 0 fully saturated rings. The van der Waals surface area contributed by atoms with Crippen molar-refractivity contribution in [2.75, 3.05) is 14.2 Å². The maximum absolute atomic E-state index is 11.9. The fourth-order valence-corrected chi connectivity index (χ4v) is 20.3. The van der Waals surface area contributed by atoms with E-state index < -0.39 is 24.3 Å². The van der Waals surface area contributed by atoms with Gasteiger partial charge >= 0.3 is 152 Å². The molecule has 2 rings (SSSR count). The Morgan fingerprint density at radius 1 is 0.800 bits per heavy atom. The first kappa shape index (κ1) is 33.8. The van der Waals surface area contributed by atoms with Gasteiger partial charge in [0.1, 0.15) is 5.69 Å². The largest absolute Gasteiger partial charge is 0.464 e. The van der Waals surface area contributed by atoms with Crippen LogP contribution in [0, 0.1) is 3.57 Å². The van der Waals surface area contributed by atoms with Crippen molar-refractivity contribution in [1.29, 1.82) is 0 Å². The number of carbonyl (C=O) groups excluding carboxylic acids is 2. The van der Waals surface area contributed by atoms with Crippen molar-refractivity contribution in [1.82, 2.24) is 9.97 Å². The number of ether oxygens (including phenoxy) is 2. The van der Waals surface area contributed by atoms with E-state index in [1.54, 1.807) is 12.3 Å². The van der Waals surface area contributed by atoms with Gasteiger partial charge < -0.3 is 4.74 Å². The molecule has 0 spiro atoms. The molecule has 0 N–H and O–H groups in total. The molecule has 0 amide bonds. The van der Waals surface area contributed by atoms with Crippen molar-refractivity contribution < 1.29 is 19.1 Å². The van der Waals surface area contributed by atoms with Crippen molar-refractivity contribution >= 4 is 56.5 Å². The third-order valence-electron chi connectivity index (χ3n) is 5.91. The van der Waals surface area contributed by atoms with Crippen LogP contribution in [0.4, 0.5) is 0 Å². The molecule has 0 saturated heterocycles. The zero-order valence-corrected chi connectivity index (χ0v) is 26.2. The van der Waals surface area contributed by atoms with Crippen LogP contribution < -0.4 is 3.58 Å². The molecule has 0 aliphatic rings. The second-order valence-corrected chi connectivity index (χ2v) is 22.8. The minimum Gasteiger partial charge on any atom is -0.464 e. The van der Waals surface area contributed by atoms with E-state index >= 15 is 0 Å². The molecule has 0 bridgehead atoms. The number of aromatic nitrogens is 2. The Morgan fingerprint density at radius 3 is 1.63 bits per heavy atom. The van der Waals surface area contributed by atoms with Gasteiger partial charge in [-0.05, 0) is 34.7 Å². The Balaban J connectivity index is 0.000000807. The molecule has 0 unspecified atom stereocenters. The zero-order chi connectivity index (χ0) is 25.4. The summed E-state index contributed by atoms with van der Waals surface area (Å²) >= 11 is -0.359. The molecule has 0 aromatic carbocycles. The van der Waals surface area contributed by atoms with Crippen LogP contribution >= 0.6 is 22.6 Å². The van der Waals surface area contributed by atoms with Crippen molar-refractivity contribution in [2.24, 2.45) is 0 Å². The molecule has 0 saturated carbocycles. The normalized spacial score (nSPS) is 10.5. The number of hydrogen-bond acceptors (Lipinski definition) is 6. The number of methoxy groups -OCH3 is 2. The number of hydrogen-bond donors (Lipinski definition) is 0. The second kappa shape index (κ2) is 19.0. The summed E-state index contributed by atoms with van der Waals surface area (Å²) in [6.45, 7) is 6.84. The summed E-state index contributed by atoms with van der Waals surface area (Å²) in [6, 6.07) is 7.74. The van der Waals surface area contributed by atoms with E-state index in [-0.39, 0.29) is 13.4 Å². The number of nitrogens with zero attached hydrogens (tertiary/aromatic N) is 2. The van der Waals surface area contributed by atoms with Crippen LogP contribution in [0.2, 0.25) is 13.3 Å². The summed E-state index contributed by atoms with van der Waals surface area (Å²) in [4.78, 5) is 30.8. The predicted octanol–water partition coefficient (Wildman–Crippen LogP) is 7.03. The summed E-state index contributed by atoms with van der Waals surface area (Å²) < 4.78 is 16.0. The van der Waals surface area contributed by atoms with Gasteiger partial charge in [-0.15, -0.1) is 0 Å². The molecule has 196 valence electrons. The third kappa shape index (κ3) is 11.6. The SMILES string of the molecule is C.CCC[CH2][Sn]([CH2]CCC)([CH2]CCC)[c]1ccnc(C(=O)OC)c1.COC(=O)c1cc(I)ccn1. The number of unbranched alkanes of at least 4 members (excludes halogenated alkanes) is 3. The zero-order valence-electron chi connectivity index (χ0n) is 21.2. The summed E-state index contributed by atoms with van der Waals surface area (Å²) in [5.74, 6) is -0.711. The molecular formula is C27H43IN2O4Sn. The Morgan fingerprint density at radius 2 is 1.23 bits per heavy atom. The molecule has 0 aliphatic heterocycles. The number of pyridine rings is 2. The summed E-state index contributed by atoms with van der Waals surface area (Å²) in [5, 5.41) is 0. The first-order valence-electron chi connectivity index (χ1n) is 12.1. The quantitative estimate of drug-likeness (QED) is 0.134. The van der Waals surface area contributed by atoms with Gasteiger partial charge in [0, 0.05) is 9.77 Å². The van der Waals surface area contributed by atoms with E-state index in [2.05, 4.69) is 70.2 Å². The van der Waals surface area contributed by atoms with Crippen molar-refractivity contribution in [3.8, 4) is 0 Å². The summed E-state index contributed by atoms with van der Waals surface area (Å²) in [7, 11) is 2.77. The third-order valence-corrected chi connectivity index (χ3v) is 22.2. The maximum atomic E-state index is 11.9. The molecule has 2 aromatic heterocycles. The van der Waals surface area contributed by atoms with Gasteiger partial charge in [0.15, 0.2) is 0 Å². The minimum atomic E-state index is -2.47. The van der Waals surface area contributed by atoms with Crippen LogP contribution in [-0.4, -0.2) is 54.5 Å².